The summed E-state index contributed by atoms with van der Waals surface area (Å²) in [6.07, 6.45) is 2.59. The summed E-state index contributed by atoms with van der Waals surface area (Å²) in [4.78, 5) is 39.6. The number of carbonyl (C=O) groups excluding carboxylic acids is 3. The van der Waals surface area contributed by atoms with Crippen LogP contribution in [-0.2, 0) is 15.1 Å². The molecule has 144 valence electrons. The molecule has 4 amide bonds. The van der Waals surface area contributed by atoms with Crippen LogP contribution in [0.15, 0.2) is 30.3 Å². The molecule has 0 bridgehead atoms. The first-order valence-corrected chi connectivity index (χ1v) is 10.3. The van der Waals surface area contributed by atoms with E-state index in [1.807, 2.05) is 25.1 Å². The van der Waals surface area contributed by atoms with Crippen LogP contribution in [0.4, 0.5) is 4.79 Å². The highest BCUT2D eigenvalue weighted by Crippen LogP contribution is 2.31. The maximum absolute atomic E-state index is 12.9. The van der Waals surface area contributed by atoms with Crippen molar-refractivity contribution < 1.29 is 14.4 Å². The van der Waals surface area contributed by atoms with Crippen molar-refractivity contribution in [2.24, 2.45) is 0 Å². The second kappa shape index (κ2) is 8.26. The summed E-state index contributed by atoms with van der Waals surface area (Å²) < 4.78 is 0.673. The Labute approximate surface area is 167 Å². The first kappa shape index (κ1) is 19.6. The standard InChI is InChI=1S/C18H22N4O3S2/c1-2-18(13-8-4-3-5-9-13)15(24)22(16(25)19-18)20-14(23)12-27-17(26)21-10-6-7-11-21/h3-5,8-9H,2,6-7,10-12H2,1H3,(H,19,25)(H,20,23)/t18-/m0/s1. The molecule has 3 rings (SSSR count). The minimum absolute atomic E-state index is 0.0524. The van der Waals surface area contributed by atoms with E-state index in [1.165, 1.54) is 11.8 Å². The molecule has 0 unspecified atom stereocenters. The van der Waals surface area contributed by atoms with E-state index in [0.717, 1.165) is 30.9 Å². The van der Waals surface area contributed by atoms with Crippen LogP contribution in [0.5, 0.6) is 0 Å². The molecule has 1 aromatic rings. The second-order valence-corrected chi connectivity index (χ2v) is 8.09. The van der Waals surface area contributed by atoms with Crippen LogP contribution in [0, 0.1) is 0 Å². The number of thiocarbonyl (C=S) groups is 1. The van der Waals surface area contributed by atoms with Crippen LogP contribution in [0.1, 0.15) is 31.7 Å². The van der Waals surface area contributed by atoms with Crippen molar-refractivity contribution in [2.75, 3.05) is 18.8 Å². The Morgan fingerprint density at radius 2 is 1.93 bits per heavy atom. The van der Waals surface area contributed by atoms with Crippen LogP contribution >= 0.6 is 24.0 Å². The predicted molar refractivity (Wildman–Crippen MR) is 108 cm³/mol. The monoisotopic (exact) mass is 406 g/mol. The van der Waals surface area contributed by atoms with Gasteiger partial charge in [-0.25, -0.2) is 4.79 Å². The molecular weight excluding hydrogens is 384 g/mol. The lowest BCUT2D eigenvalue weighted by atomic mass is 9.87. The summed E-state index contributed by atoms with van der Waals surface area (Å²) in [5, 5.41) is 3.51. The molecule has 27 heavy (non-hydrogen) atoms. The Hall–Kier alpha value is -2.13. The van der Waals surface area contributed by atoms with E-state index in [9.17, 15) is 14.4 Å². The van der Waals surface area contributed by atoms with Gasteiger partial charge in [0, 0.05) is 13.1 Å². The molecule has 2 aliphatic heterocycles. The van der Waals surface area contributed by atoms with E-state index in [1.54, 1.807) is 12.1 Å². The fourth-order valence-electron chi connectivity index (χ4n) is 3.31. The quantitative estimate of drug-likeness (QED) is 0.575. The van der Waals surface area contributed by atoms with E-state index in [-0.39, 0.29) is 5.75 Å². The number of hydrogen-bond acceptors (Lipinski definition) is 5. The third-order valence-electron chi connectivity index (χ3n) is 4.82. The predicted octanol–water partition coefficient (Wildman–Crippen LogP) is 1.99. The van der Waals surface area contributed by atoms with Crippen molar-refractivity contribution in [3.63, 3.8) is 0 Å². The number of urea groups is 1. The van der Waals surface area contributed by atoms with Gasteiger partial charge in [-0.3, -0.25) is 15.0 Å². The van der Waals surface area contributed by atoms with Gasteiger partial charge in [-0.1, -0.05) is 61.2 Å². The summed E-state index contributed by atoms with van der Waals surface area (Å²) in [6.45, 7) is 3.65. The molecule has 2 saturated heterocycles. The normalized spacial score (nSPS) is 22.1. The zero-order valence-electron chi connectivity index (χ0n) is 15.1. The molecule has 0 aromatic heterocycles. The van der Waals surface area contributed by atoms with Crippen LogP contribution in [0.3, 0.4) is 0 Å². The number of likely N-dealkylation sites (tertiary alicyclic amines) is 1. The fourth-order valence-corrected chi connectivity index (χ4v) is 4.36. The molecule has 2 heterocycles. The molecule has 2 N–H and O–H groups in total. The number of carbonyl (C=O) groups is 3. The highest BCUT2D eigenvalue weighted by Gasteiger charge is 2.52. The van der Waals surface area contributed by atoms with Crippen molar-refractivity contribution in [1.82, 2.24) is 20.7 Å². The molecule has 0 radical (unpaired) electrons. The number of nitrogens with one attached hydrogen (secondary N) is 2. The molecule has 9 heteroatoms. The van der Waals surface area contributed by atoms with Gasteiger partial charge in [-0.05, 0) is 24.8 Å². The molecule has 2 fully saturated rings. The zero-order chi connectivity index (χ0) is 19.4. The number of nitrogens with zero attached hydrogens (tertiary/aromatic N) is 2. The molecule has 0 spiro atoms. The van der Waals surface area contributed by atoms with Gasteiger partial charge in [0.25, 0.3) is 5.91 Å². The van der Waals surface area contributed by atoms with Crippen LogP contribution in [-0.4, -0.2) is 50.9 Å². The number of amides is 4. The van der Waals surface area contributed by atoms with Gasteiger partial charge in [0.05, 0.1) is 5.75 Å². The van der Waals surface area contributed by atoms with Crippen molar-refractivity contribution >= 4 is 46.1 Å². The van der Waals surface area contributed by atoms with Gasteiger partial charge in [0.1, 0.15) is 9.86 Å². The number of thioether (sulfide) groups is 1. The molecular formula is C18H22N4O3S2. The summed E-state index contributed by atoms with van der Waals surface area (Å²) in [5.41, 5.74) is 1.94. The lowest BCUT2D eigenvalue weighted by Gasteiger charge is -2.25. The molecule has 0 saturated carbocycles. The molecule has 2 aliphatic rings. The van der Waals surface area contributed by atoms with Gasteiger partial charge >= 0.3 is 6.03 Å². The molecule has 1 aromatic carbocycles. The van der Waals surface area contributed by atoms with Gasteiger partial charge in [0.2, 0.25) is 5.91 Å². The summed E-state index contributed by atoms with van der Waals surface area (Å²) >= 11 is 6.57. The summed E-state index contributed by atoms with van der Waals surface area (Å²) in [6, 6.07) is 8.40. The van der Waals surface area contributed by atoms with E-state index in [4.69, 9.17) is 12.2 Å². The highest BCUT2D eigenvalue weighted by molar-refractivity contribution is 8.23. The smallest absolute Gasteiger partial charge is 0.344 e. The minimum Gasteiger partial charge on any atom is -0.358 e. The van der Waals surface area contributed by atoms with Gasteiger partial charge in [0.15, 0.2) is 0 Å². The van der Waals surface area contributed by atoms with Gasteiger partial charge in [-0.15, -0.1) is 0 Å². The largest absolute Gasteiger partial charge is 0.358 e. The lowest BCUT2D eigenvalue weighted by molar-refractivity contribution is -0.138. The Morgan fingerprint density at radius 1 is 1.26 bits per heavy atom. The first-order chi connectivity index (χ1) is 13.0. The van der Waals surface area contributed by atoms with E-state index in [2.05, 4.69) is 15.6 Å². The average molecular weight is 407 g/mol. The molecule has 7 nitrogen and oxygen atoms in total. The van der Waals surface area contributed by atoms with E-state index < -0.39 is 23.4 Å². The topological polar surface area (TPSA) is 81.8 Å². The minimum atomic E-state index is -1.16. The number of hydrogen-bond donors (Lipinski definition) is 2. The zero-order valence-corrected chi connectivity index (χ0v) is 16.7. The SMILES string of the molecule is CC[C@@]1(c2ccccc2)NC(=O)N(NC(=O)CSC(=S)N2CCCC2)C1=O. The Kier molecular flexibility index (Phi) is 6.01. The molecule has 0 aliphatic carbocycles. The van der Waals surface area contributed by atoms with Crippen LogP contribution < -0.4 is 10.7 Å². The van der Waals surface area contributed by atoms with E-state index in [0.29, 0.717) is 16.3 Å². The molecule has 1 atom stereocenters. The van der Waals surface area contributed by atoms with E-state index >= 15 is 0 Å². The van der Waals surface area contributed by atoms with Crippen LogP contribution in [0.25, 0.3) is 0 Å². The second-order valence-electron chi connectivity index (χ2n) is 6.48. The number of imide groups is 1. The summed E-state index contributed by atoms with van der Waals surface area (Å²) in [5.74, 6) is -0.872. The number of hydrazine groups is 1. The Balaban J connectivity index is 1.63. The summed E-state index contributed by atoms with van der Waals surface area (Å²) in [7, 11) is 0. The Bertz CT molecular complexity index is 752. The van der Waals surface area contributed by atoms with Crippen molar-refractivity contribution in [2.45, 2.75) is 31.7 Å². The average Bonchev–Trinajstić information content (AvgIpc) is 3.30. The maximum Gasteiger partial charge on any atom is 0.344 e. The number of benzene rings is 1. The number of rotatable bonds is 5. The van der Waals surface area contributed by atoms with Gasteiger partial charge < -0.3 is 10.2 Å². The van der Waals surface area contributed by atoms with Crippen LogP contribution in [0.2, 0.25) is 0 Å². The third-order valence-corrected chi connectivity index (χ3v) is 6.34. The van der Waals surface area contributed by atoms with Crippen molar-refractivity contribution in [1.29, 1.82) is 0 Å². The fraction of sp³-hybridized carbons (Fsp3) is 0.444. The lowest BCUT2D eigenvalue weighted by Crippen LogP contribution is -2.49. The maximum atomic E-state index is 12.9. The Morgan fingerprint density at radius 3 is 2.56 bits per heavy atom. The third kappa shape index (κ3) is 3.93. The van der Waals surface area contributed by atoms with Crippen molar-refractivity contribution in [3.8, 4) is 0 Å². The highest BCUT2D eigenvalue weighted by atomic mass is 32.2. The van der Waals surface area contributed by atoms with Crippen molar-refractivity contribution in [3.05, 3.63) is 35.9 Å². The first-order valence-electron chi connectivity index (χ1n) is 8.91. The van der Waals surface area contributed by atoms with Gasteiger partial charge in [-0.2, -0.15) is 5.01 Å².